The summed E-state index contributed by atoms with van der Waals surface area (Å²) in [6, 6.07) is 32.4. The Hall–Kier alpha value is -8.60. The highest BCUT2D eigenvalue weighted by molar-refractivity contribution is 6.06. The van der Waals surface area contributed by atoms with Gasteiger partial charge in [0.15, 0.2) is 34.5 Å². The molecule has 6 aromatic rings. The third-order valence-electron chi connectivity index (χ3n) is 12.8. The molecule has 72 heavy (non-hydrogen) atoms. The van der Waals surface area contributed by atoms with Crippen LogP contribution in [0.1, 0.15) is 66.9 Å². The third-order valence-corrected chi connectivity index (χ3v) is 12.8. The van der Waals surface area contributed by atoms with Gasteiger partial charge in [0.2, 0.25) is 11.8 Å². The zero-order valence-electron chi connectivity index (χ0n) is 42.0. The minimum Gasteiger partial charge on any atom is -0.497 e. The number of carbonyl (C=O) groups excluding carboxylic acids is 4. The van der Waals surface area contributed by atoms with Crippen LogP contribution in [0.25, 0.3) is 0 Å². The standard InChI is InChI=1S/C28H30N2O7.C27H28N2O6/c1-30-26(16-10-11-21(34-3)22(12-16)35-4)25(27(31)29-17-8-7-9-18(13-17)33-2)19-14-23(36-5)24(37-6)15-20(19)28(30)32;1-29-25(16-9-11-18(32-2)12-10-16)24(26(30)28-17-7-6-8-19(13-17)33-3)20-14-22(34-4)23(35-5)15-21(20)27(29)31/h7-15,25-26H,1-6H3,(H,29,31);6-15,24-25H,1-5H3,(H,28,30). The van der Waals surface area contributed by atoms with E-state index < -0.39 is 23.9 Å². The SMILES string of the molecule is COc1ccc(C2C(C(=O)Nc3cccc(OC)c3)c3cc(OC)c(OC)cc3C(=O)N2C)cc1.COc1cccc(NC(=O)C2c3cc(OC)c(OC)cc3C(=O)N(C)C2c2ccc(OC)c(OC)c2)c1. The minimum absolute atomic E-state index is 0.216. The molecule has 8 rings (SSSR count). The Morgan fingerprint density at radius 1 is 0.403 bits per heavy atom. The zero-order valence-corrected chi connectivity index (χ0v) is 42.0. The highest BCUT2D eigenvalue weighted by atomic mass is 16.5. The summed E-state index contributed by atoms with van der Waals surface area (Å²) in [7, 11) is 17.2. The van der Waals surface area contributed by atoms with Crippen LogP contribution in [0.5, 0.6) is 51.7 Å². The van der Waals surface area contributed by atoms with Crippen LogP contribution in [0, 0.1) is 0 Å². The van der Waals surface area contributed by atoms with Crippen molar-refractivity contribution in [2.24, 2.45) is 0 Å². The van der Waals surface area contributed by atoms with Crippen LogP contribution >= 0.6 is 0 Å². The average Bonchev–Trinajstić information content (AvgIpc) is 3.41. The van der Waals surface area contributed by atoms with E-state index in [4.69, 9.17) is 42.6 Å². The van der Waals surface area contributed by atoms with Gasteiger partial charge in [0, 0.05) is 48.7 Å². The Bertz CT molecular complexity index is 2960. The molecule has 2 heterocycles. The number of hydrogen-bond donors (Lipinski definition) is 2. The molecule has 2 N–H and O–H groups in total. The maximum atomic E-state index is 14.0. The number of rotatable bonds is 15. The summed E-state index contributed by atoms with van der Waals surface area (Å²) in [5.74, 6) is 2.07. The molecule has 2 aliphatic rings. The van der Waals surface area contributed by atoms with Gasteiger partial charge in [-0.25, -0.2) is 0 Å². The molecule has 0 aliphatic carbocycles. The molecule has 6 aromatic carbocycles. The second kappa shape index (κ2) is 22.4. The van der Waals surface area contributed by atoms with Crippen molar-refractivity contribution in [3.05, 3.63) is 149 Å². The topological polar surface area (TPSA) is 182 Å². The number of nitrogens with one attached hydrogen (secondary N) is 2. The lowest BCUT2D eigenvalue weighted by atomic mass is 9.79. The second-order valence-electron chi connectivity index (χ2n) is 16.6. The summed E-state index contributed by atoms with van der Waals surface area (Å²) in [6.07, 6.45) is 0. The van der Waals surface area contributed by atoms with Gasteiger partial charge in [-0.1, -0.05) is 30.3 Å². The molecular weight excluding hydrogens is 925 g/mol. The molecule has 4 atom stereocenters. The number of benzene rings is 6. The third kappa shape index (κ3) is 10.2. The number of nitrogens with zero attached hydrogens (tertiary/aromatic N) is 2. The first-order chi connectivity index (χ1) is 34.8. The van der Waals surface area contributed by atoms with Gasteiger partial charge >= 0.3 is 0 Å². The van der Waals surface area contributed by atoms with Crippen molar-refractivity contribution in [2.45, 2.75) is 23.9 Å². The van der Waals surface area contributed by atoms with E-state index in [0.29, 0.717) is 90.9 Å². The van der Waals surface area contributed by atoms with Crippen molar-refractivity contribution in [1.29, 1.82) is 0 Å². The van der Waals surface area contributed by atoms with Gasteiger partial charge in [0.05, 0.1) is 87.9 Å². The summed E-state index contributed by atoms with van der Waals surface area (Å²) >= 11 is 0. The van der Waals surface area contributed by atoms with Gasteiger partial charge in [0.25, 0.3) is 11.8 Å². The van der Waals surface area contributed by atoms with Crippen molar-refractivity contribution in [1.82, 2.24) is 9.80 Å². The zero-order chi connectivity index (χ0) is 51.8. The molecule has 0 bridgehead atoms. The van der Waals surface area contributed by atoms with Crippen LogP contribution in [0.3, 0.4) is 0 Å². The average molecular weight is 983 g/mol. The molecule has 17 nitrogen and oxygen atoms in total. The van der Waals surface area contributed by atoms with Gasteiger partial charge in [-0.3, -0.25) is 19.2 Å². The maximum Gasteiger partial charge on any atom is 0.254 e. The predicted octanol–water partition coefficient (Wildman–Crippen LogP) is 8.55. The molecule has 376 valence electrons. The molecule has 4 amide bonds. The van der Waals surface area contributed by atoms with E-state index in [1.165, 1.54) is 35.5 Å². The first kappa shape index (κ1) is 51.3. The summed E-state index contributed by atoms with van der Waals surface area (Å²) < 4.78 is 48.6. The fourth-order valence-corrected chi connectivity index (χ4v) is 9.18. The molecule has 0 spiro atoms. The quantitative estimate of drug-likeness (QED) is 0.1000. The smallest absolute Gasteiger partial charge is 0.254 e. The fourth-order valence-electron chi connectivity index (χ4n) is 9.18. The first-order valence-corrected chi connectivity index (χ1v) is 22.6. The van der Waals surface area contributed by atoms with Crippen molar-refractivity contribution in [2.75, 3.05) is 88.7 Å². The molecule has 0 saturated heterocycles. The Labute approximate surface area is 418 Å². The van der Waals surface area contributed by atoms with Crippen molar-refractivity contribution in [3.63, 3.8) is 0 Å². The van der Waals surface area contributed by atoms with Crippen LogP contribution in [0.2, 0.25) is 0 Å². The van der Waals surface area contributed by atoms with E-state index in [9.17, 15) is 19.2 Å². The van der Waals surface area contributed by atoms with Crippen LogP contribution in [0.4, 0.5) is 11.4 Å². The number of likely N-dealkylation sites (N-methyl/N-ethyl adjacent to an activating group) is 2. The Balaban J connectivity index is 0.000000212. The molecular formula is C55H58N4O13. The van der Waals surface area contributed by atoms with Crippen LogP contribution in [-0.4, -0.2) is 112 Å². The Morgan fingerprint density at radius 2 is 0.778 bits per heavy atom. The number of ether oxygens (including phenoxy) is 9. The van der Waals surface area contributed by atoms with Crippen molar-refractivity contribution < 1.29 is 61.8 Å². The number of fused-ring (bicyclic) bond motifs is 2. The summed E-state index contributed by atoms with van der Waals surface area (Å²) in [5.41, 5.74) is 4.50. The summed E-state index contributed by atoms with van der Waals surface area (Å²) in [4.78, 5) is 58.0. The van der Waals surface area contributed by atoms with E-state index in [0.717, 1.165) is 5.56 Å². The molecule has 0 saturated carbocycles. The van der Waals surface area contributed by atoms with E-state index in [1.54, 1.807) is 137 Å². The number of anilines is 2. The molecule has 2 aliphatic heterocycles. The predicted molar refractivity (Wildman–Crippen MR) is 270 cm³/mol. The van der Waals surface area contributed by atoms with Crippen LogP contribution in [0.15, 0.2) is 115 Å². The van der Waals surface area contributed by atoms with Crippen LogP contribution in [-0.2, 0) is 9.59 Å². The molecule has 4 unspecified atom stereocenters. The minimum atomic E-state index is -0.790. The van der Waals surface area contributed by atoms with Crippen molar-refractivity contribution >= 4 is 35.0 Å². The second-order valence-corrected chi connectivity index (χ2v) is 16.6. The number of amides is 4. The molecule has 0 aromatic heterocycles. The van der Waals surface area contributed by atoms with Gasteiger partial charge in [-0.05, 0) is 95.1 Å². The van der Waals surface area contributed by atoms with E-state index >= 15 is 0 Å². The van der Waals surface area contributed by atoms with Gasteiger partial charge < -0.3 is 63.1 Å². The lowest BCUT2D eigenvalue weighted by molar-refractivity contribution is -0.120. The van der Waals surface area contributed by atoms with Gasteiger partial charge in [-0.2, -0.15) is 0 Å². The van der Waals surface area contributed by atoms with Crippen LogP contribution < -0.4 is 53.3 Å². The van der Waals surface area contributed by atoms with E-state index in [1.807, 2.05) is 30.3 Å². The fraction of sp³-hybridized carbons (Fsp3) is 0.273. The molecule has 0 radical (unpaired) electrons. The highest BCUT2D eigenvalue weighted by Crippen LogP contribution is 2.49. The van der Waals surface area contributed by atoms with Gasteiger partial charge in [-0.15, -0.1) is 0 Å². The van der Waals surface area contributed by atoms with Gasteiger partial charge in [0.1, 0.15) is 17.2 Å². The molecule has 0 fully saturated rings. The number of methoxy groups -OCH3 is 9. The van der Waals surface area contributed by atoms with E-state index in [-0.39, 0.29) is 23.6 Å². The largest absolute Gasteiger partial charge is 0.497 e. The molecule has 17 heteroatoms. The maximum absolute atomic E-state index is 14.0. The lowest BCUT2D eigenvalue weighted by Crippen LogP contribution is -2.44. The monoisotopic (exact) mass is 982 g/mol. The Kier molecular flexibility index (Phi) is 16.0. The summed E-state index contributed by atoms with van der Waals surface area (Å²) in [6.45, 7) is 0. The summed E-state index contributed by atoms with van der Waals surface area (Å²) in [5, 5.41) is 5.99. The first-order valence-electron chi connectivity index (χ1n) is 22.6. The van der Waals surface area contributed by atoms with E-state index in [2.05, 4.69) is 10.6 Å². The highest BCUT2D eigenvalue weighted by Gasteiger charge is 2.45. The number of hydrogen-bond acceptors (Lipinski definition) is 13. The normalized spacial score (nSPS) is 16.7. The Morgan fingerprint density at radius 3 is 1.18 bits per heavy atom. The van der Waals surface area contributed by atoms with Crippen molar-refractivity contribution in [3.8, 4) is 51.7 Å². The number of carbonyl (C=O) groups is 4. The lowest BCUT2D eigenvalue weighted by Gasteiger charge is -2.40.